The predicted molar refractivity (Wildman–Crippen MR) is 58.2 cm³/mol. The lowest BCUT2D eigenvalue weighted by atomic mass is 10.4. The van der Waals surface area contributed by atoms with Gasteiger partial charge in [-0.05, 0) is 13.0 Å². The number of hydrogen-bond donors (Lipinski definition) is 1. The molecule has 2 heterocycles. The molecule has 86 valence electrons. The van der Waals surface area contributed by atoms with Crippen LogP contribution < -0.4 is 5.32 Å². The maximum absolute atomic E-state index is 11.8. The standard InChI is InChI=1S/C10H14N4O2/c1-8-11-3-2-9(12-8)13-10(15)14-4-6-16-7-5-14/h2-3H,4-7H2,1H3,(H,11,12,13,15). The Hall–Kier alpha value is -1.69. The number of aromatic nitrogens is 2. The fourth-order valence-electron chi connectivity index (χ4n) is 1.48. The Balaban J connectivity index is 1.96. The third-order valence-electron chi connectivity index (χ3n) is 2.31. The summed E-state index contributed by atoms with van der Waals surface area (Å²) in [5.74, 6) is 1.17. The molecule has 0 aliphatic carbocycles. The monoisotopic (exact) mass is 222 g/mol. The molecule has 0 aromatic carbocycles. The maximum atomic E-state index is 11.8. The third-order valence-corrected chi connectivity index (χ3v) is 2.31. The molecule has 1 aliphatic rings. The molecule has 1 N–H and O–H groups in total. The van der Waals surface area contributed by atoms with E-state index in [0.717, 1.165) is 0 Å². The molecule has 2 rings (SSSR count). The minimum absolute atomic E-state index is 0.138. The fourth-order valence-corrected chi connectivity index (χ4v) is 1.48. The highest BCUT2D eigenvalue weighted by Crippen LogP contribution is 2.04. The highest BCUT2D eigenvalue weighted by Gasteiger charge is 2.16. The molecule has 1 fully saturated rings. The van der Waals surface area contributed by atoms with Crippen molar-refractivity contribution in [2.45, 2.75) is 6.92 Å². The average molecular weight is 222 g/mol. The molecule has 1 aromatic heterocycles. The summed E-state index contributed by atoms with van der Waals surface area (Å²) in [6.07, 6.45) is 1.62. The van der Waals surface area contributed by atoms with E-state index < -0.39 is 0 Å². The Labute approximate surface area is 93.6 Å². The quantitative estimate of drug-likeness (QED) is 0.757. The van der Waals surface area contributed by atoms with Gasteiger partial charge in [0.05, 0.1) is 13.2 Å². The van der Waals surface area contributed by atoms with Gasteiger partial charge in [0.15, 0.2) is 0 Å². The Kier molecular flexibility index (Phi) is 3.31. The lowest BCUT2D eigenvalue weighted by Gasteiger charge is -2.26. The van der Waals surface area contributed by atoms with E-state index >= 15 is 0 Å². The second-order valence-electron chi connectivity index (χ2n) is 3.52. The van der Waals surface area contributed by atoms with E-state index in [1.165, 1.54) is 0 Å². The predicted octanol–water partition coefficient (Wildman–Crippen LogP) is 0.649. The molecule has 0 saturated carbocycles. The second-order valence-corrected chi connectivity index (χ2v) is 3.52. The van der Waals surface area contributed by atoms with Crippen molar-refractivity contribution >= 4 is 11.8 Å². The van der Waals surface area contributed by atoms with Gasteiger partial charge in [-0.2, -0.15) is 0 Å². The Morgan fingerprint density at radius 2 is 2.25 bits per heavy atom. The van der Waals surface area contributed by atoms with Crippen LogP contribution in [0.4, 0.5) is 10.6 Å². The largest absolute Gasteiger partial charge is 0.378 e. The number of morpholine rings is 1. The first-order valence-corrected chi connectivity index (χ1v) is 5.19. The number of rotatable bonds is 1. The van der Waals surface area contributed by atoms with Gasteiger partial charge in [0.2, 0.25) is 0 Å². The smallest absolute Gasteiger partial charge is 0.323 e. The highest BCUT2D eigenvalue weighted by atomic mass is 16.5. The van der Waals surface area contributed by atoms with E-state index in [4.69, 9.17) is 4.74 Å². The lowest BCUT2D eigenvalue weighted by Crippen LogP contribution is -2.43. The lowest BCUT2D eigenvalue weighted by molar-refractivity contribution is 0.0564. The molecule has 1 saturated heterocycles. The van der Waals surface area contributed by atoms with E-state index in [1.54, 1.807) is 24.1 Å². The minimum atomic E-state index is -0.138. The van der Waals surface area contributed by atoms with Gasteiger partial charge in [-0.1, -0.05) is 0 Å². The van der Waals surface area contributed by atoms with Crippen molar-refractivity contribution in [1.29, 1.82) is 0 Å². The van der Waals surface area contributed by atoms with Gasteiger partial charge in [-0.15, -0.1) is 0 Å². The molecule has 0 radical (unpaired) electrons. The van der Waals surface area contributed by atoms with Gasteiger partial charge in [-0.25, -0.2) is 14.8 Å². The summed E-state index contributed by atoms with van der Waals surface area (Å²) >= 11 is 0. The number of carbonyl (C=O) groups excluding carboxylic acids is 1. The van der Waals surface area contributed by atoms with Crippen LogP contribution in [0.25, 0.3) is 0 Å². The zero-order valence-corrected chi connectivity index (χ0v) is 9.14. The third kappa shape index (κ3) is 2.66. The molecule has 6 nitrogen and oxygen atoms in total. The number of urea groups is 1. The van der Waals surface area contributed by atoms with E-state index in [2.05, 4.69) is 15.3 Å². The molecule has 1 aliphatic heterocycles. The van der Waals surface area contributed by atoms with Crippen molar-refractivity contribution in [3.8, 4) is 0 Å². The zero-order chi connectivity index (χ0) is 11.4. The molecular weight excluding hydrogens is 208 g/mol. The maximum Gasteiger partial charge on any atom is 0.323 e. The number of anilines is 1. The van der Waals surface area contributed by atoms with Gasteiger partial charge in [0.1, 0.15) is 11.6 Å². The van der Waals surface area contributed by atoms with Gasteiger partial charge >= 0.3 is 6.03 Å². The Morgan fingerprint density at radius 3 is 2.94 bits per heavy atom. The van der Waals surface area contributed by atoms with Crippen LogP contribution in [0.2, 0.25) is 0 Å². The summed E-state index contributed by atoms with van der Waals surface area (Å²) < 4.78 is 5.17. The summed E-state index contributed by atoms with van der Waals surface area (Å²) in [4.78, 5) is 21.6. The second kappa shape index (κ2) is 4.89. The molecule has 0 bridgehead atoms. The molecule has 1 aromatic rings. The van der Waals surface area contributed by atoms with Crippen LogP contribution in [0.15, 0.2) is 12.3 Å². The zero-order valence-electron chi connectivity index (χ0n) is 9.14. The summed E-state index contributed by atoms with van der Waals surface area (Å²) in [5.41, 5.74) is 0. The van der Waals surface area contributed by atoms with Crippen LogP contribution in [-0.2, 0) is 4.74 Å². The van der Waals surface area contributed by atoms with Crippen LogP contribution in [0.1, 0.15) is 5.82 Å². The molecule has 0 spiro atoms. The summed E-state index contributed by atoms with van der Waals surface area (Å²) in [6.45, 7) is 4.21. The minimum Gasteiger partial charge on any atom is -0.378 e. The summed E-state index contributed by atoms with van der Waals surface area (Å²) in [6, 6.07) is 1.53. The van der Waals surface area contributed by atoms with Crippen molar-refractivity contribution < 1.29 is 9.53 Å². The first-order chi connectivity index (χ1) is 7.75. The SMILES string of the molecule is Cc1nccc(NC(=O)N2CCOCC2)n1. The molecule has 0 unspecified atom stereocenters. The van der Waals surface area contributed by atoms with Gasteiger partial charge < -0.3 is 9.64 Å². The van der Waals surface area contributed by atoms with Gasteiger partial charge in [0, 0.05) is 19.3 Å². The normalized spacial score (nSPS) is 15.9. The van der Waals surface area contributed by atoms with E-state index in [9.17, 15) is 4.79 Å². The van der Waals surface area contributed by atoms with Crippen molar-refractivity contribution in [2.24, 2.45) is 0 Å². The molecule has 6 heteroatoms. The number of nitrogens with zero attached hydrogens (tertiary/aromatic N) is 3. The van der Waals surface area contributed by atoms with Crippen LogP contribution in [0.3, 0.4) is 0 Å². The average Bonchev–Trinajstić information content (AvgIpc) is 2.30. The summed E-state index contributed by atoms with van der Waals surface area (Å²) in [7, 11) is 0. The number of carbonyl (C=O) groups is 1. The highest BCUT2D eigenvalue weighted by molar-refractivity contribution is 5.88. The molecule has 16 heavy (non-hydrogen) atoms. The Morgan fingerprint density at radius 1 is 1.50 bits per heavy atom. The van der Waals surface area contributed by atoms with Crippen molar-refractivity contribution in [1.82, 2.24) is 14.9 Å². The molecule has 0 atom stereocenters. The first kappa shape index (κ1) is 10.8. The van der Waals surface area contributed by atoms with Crippen molar-refractivity contribution in [3.05, 3.63) is 18.1 Å². The van der Waals surface area contributed by atoms with Gasteiger partial charge in [0.25, 0.3) is 0 Å². The van der Waals surface area contributed by atoms with Crippen LogP contribution in [-0.4, -0.2) is 47.2 Å². The fraction of sp³-hybridized carbons (Fsp3) is 0.500. The van der Waals surface area contributed by atoms with E-state index in [-0.39, 0.29) is 6.03 Å². The van der Waals surface area contributed by atoms with E-state index in [1.807, 2.05) is 0 Å². The number of aryl methyl sites for hydroxylation is 1. The van der Waals surface area contributed by atoms with Crippen LogP contribution in [0, 0.1) is 6.92 Å². The van der Waals surface area contributed by atoms with Crippen LogP contribution in [0.5, 0.6) is 0 Å². The van der Waals surface area contributed by atoms with Crippen molar-refractivity contribution in [2.75, 3.05) is 31.6 Å². The number of nitrogens with one attached hydrogen (secondary N) is 1. The number of amides is 2. The van der Waals surface area contributed by atoms with E-state index in [0.29, 0.717) is 37.9 Å². The molecule has 2 amide bonds. The summed E-state index contributed by atoms with van der Waals surface area (Å²) in [5, 5.41) is 2.73. The topological polar surface area (TPSA) is 67.4 Å². The van der Waals surface area contributed by atoms with Crippen LogP contribution >= 0.6 is 0 Å². The Bertz CT molecular complexity index is 377. The number of ether oxygens (including phenoxy) is 1. The van der Waals surface area contributed by atoms with Gasteiger partial charge in [-0.3, -0.25) is 5.32 Å². The molecular formula is C10H14N4O2. The van der Waals surface area contributed by atoms with Crippen molar-refractivity contribution in [3.63, 3.8) is 0 Å². The number of hydrogen-bond acceptors (Lipinski definition) is 4. The first-order valence-electron chi connectivity index (χ1n) is 5.19.